The monoisotopic (exact) mass is 363 g/mol. The quantitative estimate of drug-likeness (QED) is 0.820. The lowest BCUT2D eigenvalue weighted by Gasteiger charge is -2.31. The second kappa shape index (κ2) is 7.51. The van der Waals surface area contributed by atoms with Gasteiger partial charge in [-0.2, -0.15) is 0 Å². The van der Waals surface area contributed by atoms with Crippen molar-refractivity contribution < 1.29 is 9.59 Å². The average Bonchev–Trinajstić information content (AvgIpc) is 2.73. The van der Waals surface area contributed by atoms with Crippen molar-refractivity contribution in [3.8, 4) is 0 Å². The van der Waals surface area contributed by atoms with Crippen molar-refractivity contribution >= 4 is 17.5 Å². The molecule has 0 aliphatic carbocycles. The maximum Gasteiger partial charge on any atom is 0.276 e. The number of piperidine rings is 1. The van der Waals surface area contributed by atoms with Crippen molar-refractivity contribution in [2.45, 2.75) is 32.6 Å². The van der Waals surface area contributed by atoms with Crippen LogP contribution in [-0.2, 0) is 6.42 Å². The number of pyridine rings is 1. The number of likely N-dealkylation sites (tertiary alicyclic amines) is 1. The molecule has 0 unspecified atom stereocenters. The summed E-state index contributed by atoms with van der Waals surface area (Å²) in [5.74, 6) is 0.532. The van der Waals surface area contributed by atoms with Crippen molar-refractivity contribution in [1.82, 2.24) is 9.88 Å². The maximum absolute atomic E-state index is 13.1. The fourth-order valence-corrected chi connectivity index (χ4v) is 3.96. The molecule has 2 amide bonds. The van der Waals surface area contributed by atoms with Crippen LogP contribution in [-0.4, -0.2) is 41.3 Å². The molecule has 1 saturated heterocycles. The molecule has 3 heterocycles. The minimum atomic E-state index is -0.135. The highest BCUT2D eigenvalue weighted by molar-refractivity contribution is 6.07. The van der Waals surface area contributed by atoms with E-state index in [1.807, 2.05) is 23.1 Å². The van der Waals surface area contributed by atoms with Crippen molar-refractivity contribution in [2.24, 2.45) is 5.92 Å². The number of benzene rings is 1. The highest BCUT2D eigenvalue weighted by Gasteiger charge is 2.26. The van der Waals surface area contributed by atoms with Gasteiger partial charge in [-0.25, -0.2) is 0 Å². The van der Waals surface area contributed by atoms with Gasteiger partial charge in [-0.1, -0.05) is 25.1 Å². The molecule has 0 N–H and O–H groups in total. The number of para-hydroxylation sites is 1. The molecule has 4 rings (SSSR count). The Balaban J connectivity index is 1.56. The van der Waals surface area contributed by atoms with Gasteiger partial charge in [-0.3, -0.25) is 14.6 Å². The van der Waals surface area contributed by atoms with Crippen LogP contribution < -0.4 is 4.90 Å². The molecule has 5 nitrogen and oxygen atoms in total. The number of rotatable bonds is 2. The van der Waals surface area contributed by atoms with Gasteiger partial charge >= 0.3 is 0 Å². The Morgan fingerprint density at radius 2 is 1.81 bits per heavy atom. The summed E-state index contributed by atoms with van der Waals surface area (Å²) in [7, 11) is 0. The van der Waals surface area contributed by atoms with Gasteiger partial charge in [0.2, 0.25) is 0 Å². The summed E-state index contributed by atoms with van der Waals surface area (Å²) >= 11 is 0. The number of aryl methyl sites for hydroxylation is 1. The number of aromatic nitrogens is 1. The molecule has 2 aromatic rings. The zero-order valence-electron chi connectivity index (χ0n) is 15.7. The van der Waals surface area contributed by atoms with Crippen LogP contribution in [0.1, 0.15) is 52.6 Å². The molecule has 1 aromatic heterocycles. The Morgan fingerprint density at radius 3 is 2.63 bits per heavy atom. The summed E-state index contributed by atoms with van der Waals surface area (Å²) < 4.78 is 0. The molecule has 1 fully saturated rings. The second-order valence-corrected chi connectivity index (χ2v) is 7.59. The summed E-state index contributed by atoms with van der Waals surface area (Å²) in [5.41, 5.74) is 3.03. The Hall–Kier alpha value is -2.69. The molecule has 1 aromatic carbocycles. The third-order valence-electron chi connectivity index (χ3n) is 5.65. The number of carbonyl (C=O) groups excluding carboxylic acids is 2. The first-order valence-corrected chi connectivity index (χ1v) is 9.78. The fraction of sp³-hybridized carbons (Fsp3) is 0.409. The third-order valence-corrected chi connectivity index (χ3v) is 5.65. The molecule has 0 radical (unpaired) electrons. The normalized spacial score (nSPS) is 17.5. The van der Waals surface area contributed by atoms with E-state index < -0.39 is 0 Å². The lowest BCUT2D eigenvalue weighted by molar-refractivity contribution is 0.0697. The van der Waals surface area contributed by atoms with E-state index >= 15 is 0 Å². The molecule has 0 spiro atoms. The van der Waals surface area contributed by atoms with E-state index in [0.29, 0.717) is 23.7 Å². The van der Waals surface area contributed by atoms with Gasteiger partial charge in [0, 0.05) is 37.1 Å². The largest absolute Gasteiger partial charge is 0.339 e. The van der Waals surface area contributed by atoms with Gasteiger partial charge in [0.15, 0.2) is 0 Å². The molecule has 2 aliphatic heterocycles. The van der Waals surface area contributed by atoms with Crippen LogP contribution in [0.4, 0.5) is 5.69 Å². The van der Waals surface area contributed by atoms with Crippen LogP contribution in [0, 0.1) is 5.92 Å². The summed E-state index contributed by atoms with van der Waals surface area (Å²) in [6, 6.07) is 11.4. The van der Waals surface area contributed by atoms with Gasteiger partial charge in [0.1, 0.15) is 5.69 Å². The van der Waals surface area contributed by atoms with Crippen molar-refractivity contribution in [3.63, 3.8) is 0 Å². The molecule has 0 saturated carbocycles. The van der Waals surface area contributed by atoms with Gasteiger partial charge in [-0.05, 0) is 55.4 Å². The predicted molar refractivity (Wildman–Crippen MR) is 105 cm³/mol. The van der Waals surface area contributed by atoms with E-state index in [9.17, 15) is 9.59 Å². The molecule has 27 heavy (non-hydrogen) atoms. The van der Waals surface area contributed by atoms with E-state index in [0.717, 1.165) is 44.5 Å². The summed E-state index contributed by atoms with van der Waals surface area (Å²) in [5, 5.41) is 0. The zero-order chi connectivity index (χ0) is 18.8. The highest BCUT2D eigenvalue weighted by atomic mass is 16.2. The van der Waals surface area contributed by atoms with E-state index in [-0.39, 0.29) is 11.8 Å². The fourth-order valence-electron chi connectivity index (χ4n) is 3.96. The molecular formula is C22H25N3O2. The number of hydrogen-bond acceptors (Lipinski definition) is 3. The first-order chi connectivity index (χ1) is 13.1. The first kappa shape index (κ1) is 17.7. The first-order valence-electron chi connectivity index (χ1n) is 9.78. The van der Waals surface area contributed by atoms with Gasteiger partial charge < -0.3 is 9.80 Å². The van der Waals surface area contributed by atoms with Crippen LogP contribution in [0.25, 0.3) is 0 Å². The number of anilines is 1. The summed E-state index contributed by atoms with van der Waals surface area (Å²) in [6.45, 7) is 4.47. The molecule has 140 valence electrons. The van der Waals surface area contributed by atoms with E-state index in [1.165, 1.54) is 5.56 Å². The SMILES string of the molecule is CC1CCN(C(=O)c2ccnc(C(=O)N3CCCc4ccccc43)c2)CC1. The zero-order valence-corrected chi connectivity index (χ0v) is 15.7. The number of hydrogen-bond donors (Lipinski definition) is 0. The van der Waals surface area contributed by atoms with Gasteiger partial charge in [-0.15, -0.1) is 0 Å². The minimum Gasteiger partial charge on any atom is -0.339 e. The number of amides is 2. The Kier molecular flexibility index (Phi) is 4.92. The second-order valence-electron chi connectivity index (χ2n) is 7.59. The maximum atomic E-state index is 13.1. The van der Waals surface area contributed by atoms with Crippen LogP contribution in [0.15, 0.2) is 42.6 Å². The summed E-state index contributed by atoms with van der Waals surface area (Å²) in [4.78, 5) is 33.9. The average molecular weight is 363 g/mol. The van der Waals surface area contributed by atoms with Crippen LogP contribution in [0.5, 0.6) is 0 Å². The van der Waals surface area contributed by atoms with Crippen molar-refractivity contribution in [3.05, 3.63) is 59.4 Å². The van der Waals surface area contributed by atoms with E-state index in [2.05, 4.69) is 18.0 Å². The number of nitrogens with zero attached hydrogens (tertiary/aromatic N) is 3. The Labute approximate surface area is 160 Å². The lowest BCUT2D eigenvalue weighted by atomic mass is 9.98. The smallest absolute Gasteiger partial charge is 0.276 e. The van der Waals surface area contributed by atoms with Crippen molar-refractivity contribution in [2.75, 3.05) is 24.5 Å². The predicted octanol–water partition coefficient (Wildman–Crippen LogP) is 3.55. The molecular weight excluding hydrogens is 338 g/mol. The van der Waals surface area contributed by atoms with Crippen molar-refractivity contribution in [1.29, 1.82) is 0 Å². The lowest BCUT2D eigenvalue weighted by Crippen LogP contribution is -2.38. The molecule has 0 atom stereocenters. The Bertz CT molecular complexity index is 856. The molecule has 2 aliphatic rings. The third kappa shape index (κ3) is 3.59. The van der Waals surface area contributed by atoms with Gasteiger partial charge in [0.25, 0.3) is 11.8 Å². The number of carbonyl (C=O) groups is 2. The van der Waals surface area contributed by atoms with E-state index in [1.54, 1.807) is 23.2 Å². The highest BCUT2D eigenvalue weighted by Crippen LogP contribution is 2.28. The van der Waals surface area contributed by atoms with Crippen LogP contribution >= 0.6 is 0 Å². The van der Waals surface area contributed by atoms with Crippen LogP contribution in [0.3, 0.4) is 0 Å². The molecule has 0 bridgehead atoms. The minimum absolute atomic E-state index is 0.00241. The standard InChI is InChI=1S/C22H25N3O2/c1-16-9-13-24(14-10-16)21(26)18-8-11-23-19(15-18)22(27)25-12-4-6-17-5-2-3-7-20(17)25/h2-3,5,7-8,11,15-16H,4,6,9-10,12-14H2,1H3. The van der Waals surface area contributed by atoms with E-state index in [4.69, 9.17) is 0 Å². The molecule has 5 heteroatoms. The van der Waals surface area contributed by atoms with Crippen LogP contribution in [0.2, 0.25) is 0 Å². The van der Waals surface area contributed by atoms with Gasteiger partial charge in [0.05, 0.1) is 0 Å². The summed E-state index contributed by atoms with van der Waals surface area (Å²) in [6.07, 6.45) is 5.57. The Morgan fingerprint density at radius 1 is 1.04 bits per heavy atom. The number of fused-ring (bicyclic) bond motifs is 1. The topological polar surface area (TPSA) is 53.5 Å².